The molecule has 7 heteroatoms. The van der Waals surface area contributed by atoms with Crippen molar-refractivity contribution in [3.63, 3.8) is 0 Å². The largest absolute Gasteiger partial charge is 0.505 e. The molecular weight excluding hydrogens is 517 g/mol. The van der Waals surface area contributed by atoms with Crippen molar-refractivity contribution in [3.8, 4) is 16.9 Å². The highest BCUT2D eigenvalue weighted by Gasteiger charge is 2.24. The molecule has 3 aromatic carbocycles. The molecule has 0 unspecified atom stereocenters. The second-order valence-corrected chi connectivity index (χ2v) is 10.8. The summed E-state index contributed by atoms with van der Waals surface area (Å²) in [5.41, 5.74) is 6.63. The van der Waals surface area contributed by atoms with Crippen LogP contribution in [0.1, 0.15) is 35.2 Å². The van der Waals surface area contributed by atoms with E-state index >= 15 is 0 Å². The van der Waals surface area contributed by atoms with Gasteiger partial charge in [0.2, 0.25) is 0 Å². The summed E-state index contributed by atoms with van der Waals surface area (Å²) in [6.45, 7) is 3.42. The molecule has 0 atom stereocenters. The summed E-state index contributed by atoms with van der Waals surface area (Å²) in [5, 5.41) is 14.7. The molecule has 1 aromatic heterocycles. The fraction of sp³-hybridized carbons (Fsp3) is 0.226. The maximum Gasteiger partial charge on any atom is 0.192 e. The SMILES string of the molecule is O=C(C1=CC1)c1cnc2ccc(-c3cc(Cl)c(O)c(Cl)c3)cc2c1Nc1cccc(CCN2CCCC2)c1. The fourth-order valence-electron chi connectivity index (χ4n) is 5.06. The second kappa shape index (κ2) is 10.4. The average Bonchev–Trinajstić information content (AvgIpc) is 3.65. The van der Waals surface area contributed by atoms with E-state index in [2.05, 4.69) is 33.4 Å². The van der Waals surface area contributed by atoms with Gasteiger partial charge < -0.3 is 15.3 Å². The summed E-state index contributed by atoms with van der Waals surface area (Å²) in [7, 11) is 0. The zero-order chi connectivity index (χ0) is 26.2. The quantitative estimate of drug-likeness (QED) is 0.222. The molecule has 2 heterocycles. The van der Waals surface area contributed by atoms with Gasteiger partial charge in [0.05, 0.1) is 26.8 Å². The minimum atomic E-state index is -0.142. The normalized spacial score (nSPS) is 15.1. The fourth-order valence-corrected chi connectivity index (χ4v) is 5.55. The van der Waals surface area contributed by atoms with Crippen molar-refractivity contribution in [3.05, 3.63) is 93.6 Å². The van der Waals surface area contributed by atoms with Crippen LogP contribution in [0.15, 0.2) is 72.4 Å². The Bertz CT molecular complexity index is 1570. The summed E-state index contributed by atoms with van der Waals surface area (Å²) in [4.78, 5) is 20.4. The average molecular weight is 544 g/mol. The standard InChI is InChI=1S/C31H27Cl2N3O2/c32-26-16-22(17-27(33)31(26)38)21-8-9-28-24(15-21)29(25(18-34-28)30(37)20-6-7-20)35-23-5-3-4-19(14-23)10-13-36-11-1-2-12-36/h3-6,8-9,14-18,38H,1-2,7,10-13H2,(H,34,35). The lowest BCUT2D eigenvalue weighted by Gasteiger charge is -2.17. The van der Waals surface area contributed by atoms with E-state index in [0.717, 1.165) is 51.9 Å². The summed E-state index contributed by atoms with van der Waals surface area (Å²) in [6.07, 6.45) is 7.87. The maximum absolute atomic E-state index is 13.2. The van der Waals surface area contributed by atoms with Gasteiger partial charge in [-0.3, -0.25) is 9.78 Å². The molecule has 0 amide bonds. The molecule has 2 N–H and O–H groups in total. The van der Waals surface area contributed by atoms with Crippen LogP contribution in [-0.2, 0) is 6.42 Å². The Morgan fingerprint density at radius 1 is 1.00 bits per heavy atom. The molecule has 192 valence electrons. The molecule has 6 rings (SSSR count). The predicted octanol–water partition coefficient (Wildman–Crippen LogP) is 7.81. The number of fused-ring (bicyclic) bond motifs is 1. The highest BCUT2D eigenvalue weighted by molar-refractivity contribution is 6.37. The van der Waals surface area contributed by atoms with Crippen LogP contribution in [0, 0.1) is 0 Å². The number of rotatable bonds is 8. The van der Waals surface area contributed by atoms with E-state index in [4.69, 9.17) is 23.2 Å². The third-order valence-electron chi connectivity index (χ3n) is 7.27. The summed E-state index contributed by atoms with van der Waals surface area (Å²) in [6, 6.07) is 17.6. The molecule has 0 spiro atoms. The Balaban J connectivity index is 1.40. The van der Waals surface area contributed by atoms with E-state index in [0.29, 0.717) is 12.0 Å². The Labute approximate surface area is 231 Å². The Hall–Kier alpha value is -3.38. The number of nitrogens with one attached hydrogen (secondary N) is 1. The van der Waals surface area contributed by atoms with Crippen molar-refractivity contribution in [2.75, 3.05) is 25.0 Å². The lowest BCUT2D eigenvalue weighted by atomic mass is 9.99. The molecule has 2 aliphatic rings. The van der Waals surface area contributed by atoms with Crippen LogP contribution >= 0.6 is 23.2 Å². The highest BCUT2D eigenvalue weighted by atomic mass is 35.5. The maximum atomic E-state index is 13.2. The molecular formula is C31H27Cl2N3O2. The van der Waals surface area contributed by atoms with E-state index in [1.54, 1.807) is 18.3 Å². The van der Waals surface area contributed by atoms with Gasteiger partial charge in [0.15, 0.2) is 11.5 Å². The van der Waals surface area contributed by atoms with Crippen molar-refractivity contribution >= 4 is 51.3 Å². The molecule has 1 fully saturated rings. The number of aromatic nitrogens is 1. The number of phenols is 1. The third kappa shape index (κ3) is 5.14. The molecule has 0 bridgehead atoms. The lowest BCUT2D eigenvalue weighted by molar-refractivity contribution is 0.103. The van der Waals surface area contributed by atoms with Crippen molar-refractivity contribution in [2.45, 2.75) is 25.7 Å². The number of aromatic hydroxyl groups is 1. The van der Waals surface area contributed by atoms with Gasteiger partial charge in [0.25, 0.3) is 0 Å². The number of allylic oxidation sites excluding steroid dienone is 2. The van der Waals surface area contributed by atoms with Gasteiger partial charge in [-0.25, -0.2) is 0 Å². The van der Waals surface area contributed by atoms with Crippen LogP contribution in [0.25, 0.3) is 22.0 Å². The van der Waals surface area contributed by atoms with E-state index < -0.39 is 0 Å². The number of hydrogen-bond donors (Lipinski definition) is 2. The smallest absolute Gasteiger partial charge is 0.192 e. The number of anilines is 2. The van der Waals surface area contributed by atoms with E-state index in [1.807, 2.05) is 30.3 Å². The molecule has 0 radical (unpaired) electrons. The van der Waals surface area contributed by atoms with Gasteiger partial charge in [-0.1, -0.05) is 47.5 Å². The van der Waals surface area contributed by atoms with Crippen LogP contribution < -0.4 is 5.32 Å². The number of Topliss-reactive ketones (excluding diaryl/α,β-unsaturated/α-hetero) is 1. The number of carbonyl (C=O) groups excluding carboxylic acids is 1. The number of ketones is 1. The number of nitrogens with zero attached hydrogens (tertiary/aromatic N) is 2. The highest BCUT2D eigenvalue weighted by Crippen LogP contribution is 2.39. The number of pyridine rings is 1. The van der Waals surface area contributed by atoms with Crippen LogP contribution in [0.5, 0.6) is 5.75 Å². The number of benzene rings is 3. The molecule has 5 nitrogen and oxygen atoms in total. The lowest BCUT2D eigenvalue weighted by Crippen LogP contribution is -2.21. The second-order valence-electron chi connectivity index (χ2n) is 9.95. The summed E-state index contributed by atoms with van der Waals surface area (Å²) in [5.74, 6) is -0.148. The van der Waals surface area contributed by atoms with Crippen LogP contribution in [0.3, 0.4) is 0 Å². The Morgan fingerprint density at radius 2 is 1.76 bits per heavy atom. The van der Waals surface area contributed by atoms with Gasteiger partial charge in [-0.15, -0.1) is 0 Å². The summed E-state index contributed by atoms with van der Waals surface area (Å²) >= 11 is 12.4. The number of phenolic OH excluding ortho intramolecular Hbond substituents is 1. The molecule has 1 saturated heterocycles. The first-order valence-electron chi connectivity index (χ1n) is 12.9. The molecule has 1 aliphatic heterocycles. The van der Waals surface area contributed by atoms with Crippen molar-refractivity contribution in [1.29, 1.82) is 0 Å². The number of halogens is 2. The van der Waals surface area contributed by atoms with Crippen molar-refractivity contribution in [2.24, 2.45) is 0 Å². The minimum Gasteiger partial charge on any atom is -0.505 e. The first-order valence-corrected chi connectivity index (χ1v) is 13.6. The van der Waals surface area contributed by atoms with Crippen LogP contribution in [-0.4, -0.2) is 40.4 Å². The Kier molecular flexibility index (Phi) is 6.83. The van der Waals surface area contributed by atoms with Crippen molar-refractivity contribution in [1.82, 2.24) is 9.88 Å². The van der Waals surface area contributed by atoms with E-state index in [-0.39, 0.29) is 21.6 Å². The van der Waals surface area contributed by atoms with E-state index in [1.165, 1.54) is 31.5 Å². The van der Waals surface area contributed by atoms with Gasteiger partial charge in [0, 0.05) is 29.4 Å². The first-order chi connectivity index (χ1) is 18.5. The first kappa shape index (κ1) is 24.9. The molecule has 0 saturated carbocycles. The zero-order valence-corrected chi connectivity index (χ0v) is 22.3. The zero-order valence-electron chi connectivity index (χ0n) is 20.8. The van der Waals surface area contributed by atoms with Crippen molar-refractivity contribution < 1.29 is 9.90 Å². The monoisotopic (exact) mass is 543 g/mol. The molecule has 1 aliphatic carbocycles. The number of carbonyl (C=O) groups is 1. The van der Waals surface area contributed by atoms with E-state index in [9.17, 15) is 9.90 Å². The Morgan fingerprint density at radius 3 is 2.50 bits per heavy atom. The topological polar surface area (TPSA) is 65.5 Å². The number of hydrogen-bond acceptors (Lipinski definition) is 5. The minimum absolute atomic E-state index is 0.00628. The van der Waals surface area contributed by atoms with Gasteiger partial charge in [-0.05, 0) is 91.9 Å². The predicted molar refractivity (Wildman–Crippen MR) is 155 cm³/mol. The van der Waals surface area contributed by atoms with Gasteiger partial charge in [0.1, 0.15) is 0 Å². The van der Waals surface area contributed by atoms with Gasteiger partial charge in [-0.2, -0.15) is 0 Å². The summed E-state index contributed by atoms with van der Waals surface area (Å²) < 4.78 is 0. The van der Waals surface area contributed by atoms with Gasteiger partial charge >= 0.3 is 0 Å². The van der Waals surface area contributed by atoms with Crippen LogP contribution in [0.2, 0.25) is 10.0 Å². The number of likely N-dealkylation sites (tertiary alicyclic amines) is 1. The third-order valence-corrected chi connectivity index (χ3v) is 7.85. The molecule has 4 aromatic rings. The van der Waals surface area contributed by atoms with Crippen LogP contribution in [0.4, 0.5) is 11.4 Å². The molecule has 38 heavy (non-hydrogen) atoms.